The molecule has 2 aromatic rings. The van der Waals surface area contributed by atoms with Crippen LogP contribution in [-0.4, -0.2) is 15.5 Å². The number of aromatic nitrogens is 2. The van der Waals surface area contributed by atoms with Crippen molar-refractivity contribution >= 4 is 5.91 Å². The van der Waals surface area contributed by atoms with Crippen molar-refractivity contribution in [1.29, 1.82) is 0 Å². The number of nitrogens with zero attached hydrogens (tertiary/aromatic N) is 2. The molecule has 2 N–H and O–H groups in total. The van der Waals surface area contributed by atoms with Crippen LogP contribution in [0.5, 0.6) is 0 Å². The van der Waals surface area contributed by atoms with Crippen LogP contribution in [0.3, 0.4) is 0 Å². The first-order valence-corrected chi connectivity index (χ1v) is 6.30. The summed E-state index contributed by atoms with van der Waals surface area (Å²) < 4.78 is 1.71. The average Bonchev–Trinajstić information content (AvgIpc) is 3.03. The van der Waals surface area contributed by atoms with E-state index in [1.807, 2.05) is 7.05 Å². The van der Waals surface area contributed by atoms with Crippen molar-refractivity contribution < 1.29 is 4.79 Å². The maximum Gasteiger partial charge on any atom is 0.269 e. The molecule has 5 heteroatoms. The Bertz CT molecular complexity index is 618. The van der Waals surface area contributed by atoms with E-state index < -0.39 is 0 Å². The molecule has 0 atom stereocenters. The number of imidazole rings is 1. The van der Waals surface area contributed by atoms with Crippen LogP contribution >= 0.6 is 0 Å². The quantitative estimate of drug-likeness (QED) is 0.859. The highest BCUT2D eigenvalue weighted by Gasteiger charge is 2.12. The van der Waals surface area contributed by atoms with Gasteiger partial charge in [-0.2, -0.15) is 0 Å². The summed E-state index contributed by atoms with van der Waals surface area (Å²) in [5.41, 5.74) is 4.37. The number of rotatable bonds is 3. The van der Waals surface area contributed by atoms with E-state index in [0.29, 0.717) is 12.2 Å². The van der Waals surface area contributed by atoms with Crippen LogP contribution in [0.4, 0.5) is 0 Å². The molecule has 1 amide bonds. The zero-order chi connectivity index (χ0) is 13.2. The lowest BCUT2D eigenvalue weighted by Crippen LogP contribution is -2.24. The Balaban J connectivity index is 1.66. The van der Waals surface area contributed by atoms with Crippen molar-refractivity contribution in [2.45, 2.75) is 19.6 Å². The second kappa shape index (κ2) is 4.85. The highest BCUT2D eigenvalue weighted by atomic mass is 16.1. The third kappa shape index (κ3) is 2.37. The fourth-order valence-electron chi connectivity index (χ4n) is 2.31. The monoisotopic (exact) mass is 256 g/mol. The largest absolute Gasteiger partial charge is 0.347 e. The molecule has 0 spiro atoms. The number of hydrogen-bond acceptors (Lipinski definition) is 3. The Morgan fingerprint density at radius 3 is 3.05 bits per heavy atom. The van der Waals surface area contributed by atoms with Crippen molar-refractivity contribution in [2.75, 3.05) is 0 Å². The van der Waals surface area contributed by atoms with Crippen LogP contribution in [-0.2, 0) is 26.7 Å². The number of amides is 1. The van der Waals surface area contributed by atoms with Crippen molar-refractivity contribution in [3.8, 4) is 0 Å². The first-order valence-electron chi connectivity index (χ1n) is 6.30. The summed E-state index contributed by atoms with van der Waals surface area (Å²) in [6.07, 6.45) is 3.19. The van der Waals surface area contributed by atoms with Gasteiger partial charge < -0.3 is 15.2 Å². The predicted molar refractivity (Wildman–Crippen MR) is 71.4 cm³/mol. The van der Waals surface area contributed by atoms with Crippen LogP contribution in [0, 0.1) is 0 Å². The van der Waals surface area contributed by atoms with Crippen molar-refractivity contribution in [1.82, 2.24) is 20.2 Å². The van der Waals surface area contributed by atoms with Gasteiger partial charge in [-0.1, -0.05) is 18.2 Å². The van der Waals surface area contributed by atoms with Gasteiger partial charge in [0.05, 0.1) is 12.5 Å². The SMILES string of the molecule is Cn1cncc1C(=O)NCc1ccc2c(c1)CNC2. The Morgan fingerprint density at radius 1 is 1.42 bits per heavy atom. The van der Waals surface area contributed by atoms with E-state index in [1.165, 1.54) is 11.1 Å². The highest BCUT2D eigenvalue weighted by molar-refractivity contribution is 5.92. The minimum atomic E-state index is -0.0985. The van der Waals surface area contributed by atoms with E-state index in [2.05, 4.69) is 33.8 Å². The molecule has 2 heterocycles. The van der Waals surface area contributed by atoms with E-state index in [1.54, 1.807) is 17.1 Å². The maximum atomic E-state index is 11.9. The lowest BCUT2D eigenvalue weighted by molar-refractivity contribution is 0.0942. The number of benzene rings is 1. The van der Waals surface area contributed by atoms with Crippen LogP contribution in [0.25, 0.3) is 0 Å². The Morgan fingerprint density at radius 2 is 2.26 bits per heavy atom. The molecule has 0 fully saturated rings. The summed E-state index contributed by atoms with van der Waals surface area (Å²) in [6, 6.07) is 6.34. The molecule has 0 saturated heterocycles. The van der Waals surface area contributed by atoms with Gasteiger partial charge in [-0.15, -0.1) is 0 Å². The van der Waals surface area contributed by atoms with Crippen molar-refractivity contribution in [3.05, 3.63) is 53.1 Å². The molecule has 1 aliphatic rings. The van der Waals surface area contributed by atoms with Gasteiger partial charge in [-0.05, 0) is 16.7 Å². The van der Waals surface area contributed by atoms with E-state index in [-0.39, 0.29) is 5.91 Å². The minimum Gasteiger partial charge on any atom is -0.347 e. The van der Waals surface area contributed by atoms with Gasteiger partial charge >= 0.3 is 0 Å². The summed E-state index contributed by atoms with van der Waals surface area (Å²) >= 11 is 0. The molecule has 1 aliphatic heterocycles. The summed E-state index contributed by atoms with van der Waals surface area (Å²) in [5, 5.41) is 6.22. The molecule has 0 saturated carbocycles. The molecule has 0 radical (unpaired) electrons. The summed E-state index contributed by atoms with van der Waals surface area (Å²) in [6.45, 7) is 2.40. The summed E-state index contributed by atoms with van der Waals surface area (Å²) in [5.74, 6) is -0.0985. The minimum absolute atomic E-state index is 0.0985. The van der Waals surface area contributed by atoms with Crippen LogP contribution in [0.15, 0.2) is 30.7 Å². The van der Waals surface area contributed by atoms with Crippen LogP contribution in [0.2, 0.25) is 0 Å². The van der Waals surface area contributed by atoms with Crippen molar-refractivity contribution in [2.24, 2.45) is 7.05 Å². The van der Waals surface area contributed by atoms with Gasteiger partial charge in [0.2, 0.25) is 0 Å². The third-order valence-electron chi connectivity index (χ3n) is 3.40. The van der Waals surface area contributed by atoms with E-state index >= 15 is 0 Å². The molecule has 3 rings (SSSR count). The van der Waals surface area contributed by atoms with E-state index in [4.69, 9.17) is 0 Å². The molecule has 0 unspecified atom stereocenters. The van der Waals surface area contributed by atoms with E-state index in [9.17, 15) is 4.79 Å². The second-order valence-corrected chi connectivity index (χ2v) is 4.78. The molecular formula is C14H16N4O. The Hall–Kier alpha value is -2.14. The molecule has 1 aromatic heterocycles. The predicted octanol–water partition coefficient (Wildman–Crippen LogP) is 0.953. The highest BCUT2D eigenvalue weighted by Crippen LogP contribution is 2.16. The zero-order valence-corrected chi connectivity index (χ0v) is 10.8. The van der Waals surface area contributed by atoms with Gasteiger partial charge in [0.25, 0.3) is 5.91 Å². The number of carbonyl (C=O) groups is 1. The number of carbonyl (C=O) groups excluding carboxylic acids is 1. The molecule has 0 aliphatic carbocycles. The number of hydrogen-bond donors (Lipinski definition) is 2. The van der Waals surface area contributed by atoms with Crippen LogP contribution < -0.4 is 10.6 Å². The smallest absolute Gasteiger partial charge is 0.269 e. The fraction of sp³-hybridized carbons (Fsp3) is 0.286. The first kappa shape index (κ1) is 11.9. The topological polar surface area (TPSA) is 59.0 Å². The standard InChI is InChI=1S/C14H16N4O/c1-18-9-16-8-13(18)14(19)17-5-10-2-3-11-6-15-7-12(11)4-10/h2-4,8-9,15H,5-7H2,1H3,(H,17,19). The molecular weight excluding hydrogens is 240 g/mol. The normalized spacial score (nSPS) is 13.3. The van der Waals surface area contributed by atoms with Crippen LogP contribution in [0.1, 0.15) is 27.2 Å². The van der Waals surface area contributed by atoms with Crippen molar-refractivity contribution in [3.63, 3.8) is 0 Å². The number of fused-ring (bicyclic) bond motifs is 1. The maximum absolute atomic E-state index is 11.9. The van der Waals surface area contributed by atoms with Gasteiger partial charge in [-0.25, -0.2) is 4.98 Å². The van der Waals surface area contributed by atoms with Gasteiger partial charge in [0.1, 0.15) is 5.69 Å². The van der Waals surface area contributed by atoms with Gasteiger partial charge in [0.15, 0.2) is 0 Å². The summed E-state index contributed by atoms with van der Waals surface area (Å²) in [4.78, 5) is 15.9. The van der Waals surface area contributed by atoms with E-state index in [0.717, 1.165) is 18.7 Å². The lowest BCUT2D eigenvalue weighted by Gasteiger charge is -2.07. The molecule has 5 nitrogen and oxygen atoms in total. The Labute approximate surface area is 111 Å². The number of nitrogens with one attached hydrogen (secondary N) is 2. The molecule has 98 valence electrons. The lowest BCUT2D eigenvalue weighted by atomic mass is 10.1. The Kier molecular flexibility index (Phi) is 3.05. The van der Waals surface area contributed by atoms with Gasteiger partial charge in [0, 0.05) is 26.7 Å². The fourth-order valence-corrected chi connectivity index (χ4v) is 2.31. The molecule has 19 heavy (non-hydrogen) atoms. The number of aryl methyl sites for hydroxylation is 1. The zero-order valence-electron chi connectivity index (χ0n) is 10.8. The molecule has 1 aromatic carbocycles. The van der Waals surface area contributed by atoms with Gasteiger partial charge in [-0.3, -0.25) is 4.79 Å². The molecule has 0 bridgehead atoms. The second-order valence-electron chi connectivity index (χ2n) is 4.78. The average molecular weight is 256 g/mol. The summed E-state index contributed by atoms with van der Waals surface area (Å²) in [7, 11) is 1.81. The third-order valence-corrected chi connectivity index (χ3v) is 3.40. The first-order chi connectivity index (χ1) is 9.24.